The highest BCUT2D eigenvalue weighted by atomic mass is 16.3. The molecule has 48 heavy (non-hydrogen) atoms. The Labute approximate surface area is 279 Å². The quantitative estimate of drug-likeness (QED) is 0.185. The molecule has 1 heterocycles. The smallest absolute Gasteiger partial charge is 0.143 e. The van der Waals surface area contributed by atoms with Crippen molar-refractivity contribution in [2.75, 3.05) is 4.90 Å². The van der Waals surface area contributed by atoms with Crippen molar-refractivity contribution in [3.63, 3.8) is 0 Å². The van der Waals surface area contributed by atoms with Gasteiger partial charge in [0.25, 0.3) is 0 Å². The monoisotopic (exact) mass is 613 g/mol. The van der Waals surface area contributed by atoms with Crippen molar-refractivity contribution in [1.29, 1.82) is 0 Å². The van der Waals surface area contributed by atoms with Gasteiger partial charge in [-0.15, -0.1) is 0 Å². The Hall–Kier alpha value is -6.38. The van der Waals surface area contributed by atoms with E-state index in [1.54, 1.807) is 0 Å². The fraction of sp³-hybridized carbons (Fsp3) is 0. The number of nitrogens with zero attached hydrogens (tertiary/aromatic N) is 1. The lowest BCUT2D eigenvalue weighted by molar-refractivity contribution is 0.673. The topological polar surface area (TPSA) is 16.4 Å². The second-order valence-corrected chi connectivity index (χ2v) is 12.2. The molecule has 0 saturated carbocycles. The van der Waals surface area contributed by atoms with E-state index in [1.807, 2.05) is 0 Å². The second kappa shape index (κ2) is 11.8. The first-order valence-electron chi connectivity index (χ1n) is 16.3. The molecule has 2 heteroatoms. The van der Waals surface area contributed by atoms with E-state index in [1.165, 1.54) is 27.6 Å². The number of benzene rings is 8. The minimum absolute atomic E-state index is 0.896. The summed E-state index contributed by atoms with van der Waals surface area (Å²) in [6, 6.07) is 66.9. The fourth-order valence-corrected chi connectivity index (χ4v) is 6.96. The highest BCUT2D eigenvalue weighted by molar-refractivity contribution is 6.19. The van der Waals surface area contributed by atoms with E-state index in [0.29, 0.717) is 0 Å². The maximum atomic E-state index is 6.54. The molecule has 0 atom stereocenters. The molecular weight excluding hydrogens is 583 g/mol. The predicted molar refractivity (Wildman–Crippen MR) is 202 cm³/mol. The molecule has 0 aliphatic heterocycles. The van der Waals surface area contributed by atoms with Gasteiger partial charge in [-0.05, 0) is 87.3 Å². The molecule has 0 fully saturated rings. The van der Waals surface area contributed by atoms with Gasteiger partial charge in [-0.25, -0.2) is 0 Å². The first kappa shape index (κ1) is 27.9. The van der Waals surface area contributed by atoms with Crippen molar-refractivity contribution in [2.24, 2.45) is 0 Å². The molecule has 9 aromatic rings. The molecule has 0 unspecified atom stereocenters. The molecule has 0 bridgehead atoms. The third-order valence-electron chi connectivity index (χ3n) is 9.23. The molecule has 9 rings (SSSR count). The Morgan fingerprint density at radius 3 is 1.52 bits per heavy atom. The minimum Gasteiger partial charge on any atom is -0.455 e. The standard InChI is InChI=1S/C46H31NO/c1-3-13-32(14-4-1)35-18-9-21-38(29-35)47(39-22-10-19-36(30-39)33-15-5-2-6-16-33)40-23-11-20-37(31-40)41-25-12-26-44-45(41)43-28-27-34-17-7-8-24-42(34)46(43)48-44/h1-31H. The molecule has 226 valence electrons. The average molecular weight is 614 g/mol. The van der Waals surface area contributed by atoms with Crippen LogP contribution >= 0.6 is 0 Å². The van der Waals surface area contributed by atoms with E-state index in [4.69, 9.17) is 4.42 Å². The summed E-state index contributed by atoms with van der Waals surface area (Å²) in [6.45, 7) is 0. The van der Waals surface area contributed by atoms with Crippen LogP contribution in [0.5, 0.6) is 0 Å². The number of rotatable bonds is 6. The van der Waals surface area contributed by atoms with Gasteiger partial charge in [0.1, 0.15) is 11.2 Å². The van der Waals surface area contributed by atoms with Gasteiger partial charge in [-0.1, -0.05) is 140 Å². The van der Waals surface area contributed by atoms with Crippen molar-refractivity contribution in [2.45, 2.75) is 0 Å². The van der Waals surface area contributed by atoms with Gasteiger partial charge >= 0.3 is 0 Å². The van der Waals surface area contributed by atoms with E-state index >= 15 is 0 Å². The largest absolute Gasteiger partial charge is 0.455 e. The maximum Gasteiger partial charge on any atom is 0.143 e. The fourth-order valence-electron chi connectivity index (χ4n) is 6.96. The van der Waals surface area contributed by atoms with Gasteiger partial charge in [-0.3, -0.25) is 0 Å². The van der Waals surface area contributed by atoms with Crippen molar-refractivity contribution in [3.8, 4) is 33.4 Å². The van der Waals surface area contributed by atoms with Gasteiger partial charge in [0, 0.05) is 33.2 Å². The highest BCUT2D eigenvalue weighted by Crippen LogP contribution is 2.43. The zero-order valence-electron chi connectivity index (χ0n) is 26.3. The zero-order valence-corrected chi connectivity index (χ0v) is 26.3. The second-order valence-electron chi connectivity index (χ2n) is 12.2. The summed E-state index contributed by atoms with van der Waals surface area (Å²) in [4.78, 5) is 2.36. The molecule has 0 saturated heterocycles. The van der Waals surface area contributed by atoms with Crippen molar-refractivity contribution >= 4 is 49.8 Å². The maximum absolute atomic E-state index is 6.54. The van der Waals surface area contributed by atoms with Crippen molar-refractivity contribution < 1.29 is 4.42 Å². The molecule has 8 aromatic carbocycles. The summed E-state index contributed by atoms with van der Waals surface area (Å²) in [5.41, 5.74) is 12.1. The summed E-state index contributed by atoms with van der Waals surface area (Å²) in [7, 11) is 0. The van der Waals surface area contributed by atoms with Gasteiger partial charge in [0.05, 0.1) is 0 Å². The van der Waals surface area contributed by atoms with Gasteiger partial charge in [-0.2, -0.15) is 0 Å². The number of hydrogen-bond acceptors (Lipinski definition) is 2. The number of fused-ring (bicyclic) bond motifs is 5. The first-order valence-corrected chi connectivity index (χ1v) is 16.3. The number of anilines is 3. The Bertz CT molecular complexity index is 2480. The Balaban J connectivity index is 1.23. The third kappa shape index (κ3) is 4.92. The minimum atomic E-state index is 0.896. The molecule has 0 aliphatic rings. The lowest BCUT2D eigenvalue weighted by Crippen LogP contribution is -2.10. The van der Waals surface area contributed by atoms with Crippen LogP contribution in [-0.2, 0) is 0 Å². The Morgan fingerprint density at radius 1 is 0.354 bits per heavy atom. The van der Waals surface area contributed by atoms with Crippen LogP contribution in [0.15, 0.2) is 192 Å². The van der Waals surface area contributed by atoms with E-state index in [-0.39, 0.29) is 0 Å². The molecule has 0 N–H and O–H groups in total. The molecule has 0 amide bonds. The van der Waals surface area contributed by atoms with Crippen LogP contribution < -0.4 is 4.90 Å². The number of hydrogen-bond donors (Lipinski definition) is 0. The Kier molecular flexibility index (Phi) is 6.84. The van der Waals surface area contributed by atoms with Crippen LogP contribution in [-0.4, -0.2) is 0 Å². The predicted octanol–water partition coefficient (Wildman–Crippen LogP) is 13.2. The summed E-state index contributed by atoms with van der Waals surface area (Å²) < 4.78 is 6.54. The van der Waals surface area contributed by atoms with Crippen molar-refractivity contribution in [1.82, 2.24) is 0 Å². The highest BCUT2D eigenvalue weighted by Gasteiger charge is 2.18. The van der Waals surface area contributed by atoms with Crippen molar-refractivity contribution in [3.05, 3.63) is 188 Å². The molecule has 0 spiro atoms. The number of furan rings is 1. The van der Waals surface area contributed by atoms with Crippen LogP contribution in [0.4, 0.5) is 17.1 Å². The molecule has 1 aromatic heterocycles. The summed E-state index contributed by atoms with van der Waals surface area (Å²) >= 11 is 0. The van der Waals surface area contributed by atoms with E-state index in [2.05, 4.69) is 193 Å². The third-order valence-corrected chi connectivity index (χ3v) is 9.23. The van der Waals surface area contributed by atoms with Crippen LogP contribution in [0.2, 0.25) is 0 Å². The van der Waals surface area contributed by atoms with Gasteiger partial charge < -0.3 is 9.32 Å². The van der Waals surface area contributed by atoms with Gasteiger partial charge in [0.15, 0.2) is 0 Å². The summed E-state index contributed by atoms with van der Waals surface area (Å²) in [5.74, 6) is 0. The normalized spacial score (nSPS) is 11.3. The van der Waals surface area contributed by atoms with E-state index in [9.17, 15) is 0 Å². The SMILES string of the molecule is c1ccc(-c2cccc(N(c3cccc(-c4ccccc4)c3)c3cccc(-c4cccc5oc6c7ccccc7ccc6c45)c3)c2)cc1. The van der Waals surface area contributed by atoms with E-state index < -0.39 is 0 Å². The zero-order chi connectivity index (χ0) is 31.9. The molecule has 2 nitrogen and oxygen atoms in total. The molecule has 0 radical (unpaired) electrons. The summed E-state index contributed by atoms with van der Waals surface area (Å²) in [6.07, 6.45) is 0. The van der Waals surface area contributed by atoms with Crippen LogP contribution in [0.3, 0.4) is 0 Å². The van der Waals surface area contributed by atoms with Gasteiger partial charge in [0.2, 0.25) is 0 Å². The van der Waals surface area contributed by atoms with E-state index in [0.717, 1.165) is 55.5 Å². The first-order chi connectivity index (χ1) is 23.8. The molecular formula is C46H31NO. The summed E-state index contributed by atoms with van der Waals surface area (Å²) in [5, 5.41) is 4.58. The molecule has 0 aliphatic carbocycles. The van der Waals surface area contributed by atoms with Crippen LogP contribution in [0.1, 0.15) is 0 Å². The lowest BCUT2D eigenvalue weighted by Gasteiger charge is -2.27. The average Bonchev–Trinajstić information content (AvgIpc) is 3.56. The Morgan fingerprint density at radius 2 is 0.875 bits per heavy atom. The lowest BCUT2D eigenvalue weighted by atomic mass is 9.97. The van der Waals surface area contributed by atoms with Crippen LogP contribution in [0, 0.1) is 0 Å². The van der Waals surface area contributed by atoms with Crippen LogP contribution in [0.25, 0.3) is 66.1 Å².